The van der Waals surface area contributed by atoms with Crippen molar-refractivity contribution in [1.82, 2.24) is 8.97 Å². The van der Waals surface area contributed by atoms with Crippen molar-refractivity contribution in [2.24, 2.45) is 0 Å². The van der Waals surface area contributed by atoms with Crippen LogP contribution in [0.2, 0.25) is 0 Å². The van der Waals surface area contributed by atoms with Gasteiger partial charge in [0.25, 0.3) is 0 Å². The molecule has 4 nitrogen and oxygen atoms in total. The summed E-state index contributed by atoms with van der Waals surface area (Å²) in [6.07, 6.45) is 0. The van der Waals surface area contributed by atoms with Crippen LogP contribution in [-0.4, -0.2) is 8.97 Å². The highest BCUT2D eigenvalue weighted by Crippen LogP contribution is 2.24. The van der Waals surface area contributed by atoms with E-state index in [1.807, 2.05) is 53.8 Å². The Morgan fingerprint density at radius 3 is 2.38 bits per heavy atom. The van der Waals surface area contributed by atoms with E-state index in [9.17, 15) is 5.26 Å². The summed E-state index contributed by atoms with van der Waals surface area (Å²) in [5.74, 6) is 0. The number of hydrogen-bond acceptors (Lipinski definition) is 2. The van der Waals surface area contributed by atoms with Crippen molar-refractivity contribution in [2.75, 3.05) is 0 Å². The number of nitrogens with one attached hydrogen (secondary N) is 1. The number of pyridine rings is 1. The minimum atomic E-state index is 0.393. The van der Waals surface area contributed by atoms with Crippen LogP contribution in [-0.2, 0) is 6.54 Å². The van der Waals surface area contributed by atoms with E-state index in [0.29, 0.717) is 17.6 Å². The second-order valence-electron chi connectivity index (χ2n) is 5.92. The fourth-order valence-electron chi connectivity index (χ4n) is 3.30. The molecule has 0 aliphatic carbocycles. The largest absolute Gasteiger partial charge is 0.320 e. The fourth-order valence-corrected chi connectivity index (χ4v) is 3.30. The predicted octanol–water partition coefficient (Wildman–Crippen LogP) is 3.60. The molecule has 0 saturated carbocycles. The summed E-state index contributed by atoms with van der Waals surface area (Å²) in [7, 11) is 0. The number of nitrogens with zero attached hydrogens (tertiary/aromatic N) is 3. The maximum absolute atomic E-state index is 9.69. The molecule has 2 heterocycles. The van der Waals surface area contributed by atoms with E-state index in [4.69, 9.17) is 5.41 Å². The molecular weight excluding hydrogens is 296 g/mol. The van der Waals surface area contributed by atoms with Crippen molar-refractivity contribution in [3.8, 4) is 6.07 Å². The van der Waals surface area contributed by atoms with E-state index in [-0.39, 0.29) is 0 Å². The molecular formula is C20H16N4. The summed E-state index contributed by atoms with van der Waals surface area (Å²) in [4.78, 5) is 0. The van der Waals surface area contributed by atoms with Crippen LogP contribution in [0.5, 0.6) is 0 Å². The molecule has 0 fully saturated rings. The molecule has 0 aliphatic rings. The molecule has 0 unspecified atom stereocenters. The number of fused-ring (bicyclic) bond motifs is 3. The van der Waals surface area contributed by atoms with Gasteiger partial charge in [0, 0.05) is 6.54 Å². The second kappa shape index (κ2) is 5.39. The molecule has 0 radical (unpaired) electrons. The van der Waals surface area contributed by atoms with E-state index >= 15 is 0 Å². The molecule has 2 aromatic carbocycles. The Hall–Kier alpha value is -3.32. The van der Waals surface area contributed by atoms with Gasteiger partial charge in [-0.3, -0.25) is 9.81 Å². The van der Waals surface area contributed by atoms with Gasteiger partial charge in [-0.15, -0.1) is 0 Å². The molecule has 0 saturated heterocycles. The lowest BCUT2D eigenvalue weighted by atomic mass is 10.1. The van der Waals surface area contributed by atoms with Crippen molar-refractivity contribution in [2.45, 2.75) is 13.5 Å². The molecule has 4 heteroatoms. The van der Waals surface area contributed by atoms with Crippen molar-refractivity contribution >= 4 is 16.7 Å². The Kier molecular flexibility index (Phi) is 3.21. The number of hydrogen-bond donors (Lipinski definition) is 1. The molecule has 0 bridgehead atoms. The molecule has 24 heavy (non-hydrogen) atoms. The summed E-state index contributed by atoms with van der Waals surface area (Å²) >= 11 is 0. The highest BCUT2D eigenvalue weighted by Gasteiger charge is 2.16. The van der Waals surface area contributed by atoms with Crippen LogP contribution in [0.25, 0.3) is 16.7 Å². The highest BCUT2D eigenvalue weighted by molar-refractivity contribution is 5.84. The van der Waals surface area contributed by atoms with Gasteiger partial charge < -0.3 is 4.57 Å². The first-order valence-electron chi connectivity index (χ1n) is 7.83. The Balaban J connectivity index is 2.17. The van der Waals surface area contributed by atoms with E-state index in [1.54, 1.807) is 6.07 Å². The van der Waals surface area contributed by atoms with Crippen molar-refractivity contribution in [1.29, 1.82) is 10.7 Å². The lowest BCUT2D eigenvalue weighted by molar-refractivity contribution is 0.845. The summed E-state index contributed by atoms with van der Waals surface area (Å²) in [5.41, 5.74) is 5.77. The van der Waals surface area contributed by atoms with Gasteiger partial charge in [-0.1, -0.05) is 42.5 Å². The summed E-state index contributed by atoms with van der Waals surface area (Å²) in [5, 5.41) is 18.1. The van der Waals surface area contributed by atoms with Crippen LogP contribution in [0.15, 0.2) is 60.7 Å². The van der Waals surface area contributed by atoms with E-state index in [1.165, 1.54) is 0 Å². The van der Waals surface area contributed by atoms with Crippen LogP contribution in [0.3, 0.4) is 0 Å². The lowest BCUT2D eigenvalue weighted by Crippen LogP contribution is -2.15. The molecule has 4 rings (SSSR count). The van der Waals surface area contributed by atoms with Crippen LogP contribution < -0.4 is 5.49 Å². The lowest BCUT2D eigenvalue weighted by Gasteiger charge is -2.09. The van der Waals surface area contributed by atoms with Crippen molar-refractivity contribution < 1.29 is 0 Å². The number of rotatable bonds is 2. The number of aryl methyl sites for hydroxylation is 1. The number of para-hydroxylation sites is 2. The Morgan fingerprint density at radius 2 is 1.67 bits per heavy atom. The third kappa shape index (κ3) is 2.03. The fraction of sp³-hybridized carbons (Fsp3) is 0.100. The van der Waals surface area contributed by atoms with Gasteiger partial charge in [0.05, 0.1) is 16.6 Å². The van der Waals surface area contributed by atoms with Gasteiger partial charge in [-0.05, 0) is 36.2 Å². The number of benzene rings is 2. The Bertz CT molecular complexity index is 1160. The number of nitriles is 1. The molecule has 2 aromatic heterocycles. The molecule has 0 atom stereocenters. The minimum Gasteiger partial charge on any atom is -0.320 e. The average Bonchev–Trinajstić information content (AvgIpc) is 2.91. The summed E-state index contributed by atoms with van der Waals surface area (Å²) in [6.45, 7) is 2.55. The smallest absolute Gasteiger partial charge is 0.138 e. The van der Waals surface area contributed by atoms with Gasteiger partial charge in [-0.25, -0.2) is 0 Å². The standard InChI is InChI=1S/C20H16N4/c1-14-11-19(22)24-18-10-6-5-9-17(18)23(20(24)16(14)12-21)13-15-7-3-2-4-8-15/h2-11,22H,13H2,1H3. The average molecular weight is 312 g/mol. The normalized spacial score (nSPS) is 11.0. The van der Waals surface area contributed by atoms with Gasteiger partial charge in [0.15, 0.2) is 0 Å². The topological polar surface area (TPSA) is 57.0 Å². The molecule has 4 aromatic rings. The third-order valence-electron chi connectivity index (χ3n) is 4.39. The number of imidazole rings is 1. The van der Waals surface area contributed by atoms with Gasteiger partial charge >= 0.3 is 0 Å². The highest BCUT2D eigenvalue weighted by atomic mass is 15.1. The molecule has 0 amide bonds. The van der Waals surface area contributed by atoms with E-state index in [2.05, 4.69) is 22.8 Å². The Labute approximate surface area is 139 Å². The monoisotopic (exact) mass is 312 g/mol. The van der Waals surface area contributed by atoms with Gasteiger partial charge in [0.1, 0.15) is 17.2 Å². The van der Waals surface area contributed by atoms with Crippen LogP contribution in [0, 0.1) is 23.7 Å². The molecule has 0 aliphatic heterocycles. The van der Waals surface area contributed by atoms with Crippen LogP contribution in [0.4, 0.5) is 0 Å². The predicted molar refractivity (Wildman–Crippen MR) is 93.7 cm³/mol. The van der Waals surface area contributed by atoms with Crippen molar-refractivity contribution in [3.63, 3.8) is 0 Å². The molecule has 116 valence electrons. The summed E-state index contributed by atoms with van der Waals surface area (Å²) < 4.78 is 4.00. The maximum Gasteiger partial charge on any atom is 0.138 e. The zero-order chi connectivity index (χ0) is 16.7. The van der Waals surface area contributed by atoms with Crippen molar-refractivity contribution in [3.05, 3.63) is 82.8 Å². The first-order chi connectivity index (χ1) is 11.7. The quantitative estimate of drug-likeness (QED) is 0.604. The molecule has 0 spiro atoms. The third-order valence-corrected chi connectivity index (χ3v) is 4.39. The SMILES string of the molecule is Cc1cc(=N)n2c3ccccc3n(Cc3ccccc3)c2c1C#N. The zero-order valence-corrected chi connectivity index (χ0v) is 13.3. The zero-order valence-electron chi connectivity index (χ0n) is 13.3. The summed E-state index contributed by atoms with van der Waals surface area (Å²) in [6, 6.07) is 22.3. The first-order valence-corrected chi connectivity index (χ1v) is 7.83. The van der Waals surface area contributed by atoms with E-state index in [0.717, 1.165) is 27.8 Å². The van der Waals surface area contributed by atoms with Crippen LogP contribution in [0.1, 0.15) is 16.7 Å². The number of aromatic nitrogens is 2. The molecule has 1 N–H and O–H groups in total. The minimum absolute atomic E-state index is 0.393. The first kappa shape index (κ1) is 14.3. The van der Waals surface area contributed by atoms with Gasteiger partial charge in [0.2, 0.25) is 0 Å². The van der Waals surface area contributed by atoms with Gasteiger partial charge in [-0.2, -0.15) is 5.26 Å². The maximum atomic E-state index is 9.69. The Morgan fingerprint density at radius 1 is 1.00 bits per heavy atom. The second-order valence-corrected chi connectivity index (χ2v) is 5.92. The van der Waals surface area contributed by atoms with Crippen LogP contribution >= 0.6 is 0 Å². The van der Waals surface area contributed by atoms with E-state index < -0.39 is 0 Å².